The monoisotopic (exact) mass is 400 g/mol. The fourth-order valence-electron chi connectivity index (χ4n) is 3.79. The minimum Gasteiger partial charge on any atom is -0.495 e. The number of carbonyl (C=O) groups is 1. The van der Waals surface area contributed by atoms with Crippen LogP contribution in [0.25, 0.3) is 11.0 Å². The van der Waals surface area contributed by atoms with E-state index < -0.39 is 0 Å². The summed E-state index contributed by atoms with van der Waals surface area (Å²) in [7, 11) is 1.57. The summed E-state index contributed by atoms with van der Waals surface area (Å²) in [6, 6.07) is 13.5. The smallest absolute Gasteiger partial charge is 0.279 e. The summed E-state index contributed by atoms with van der Waals surface area (Å²) in [5.41, 5.74) is 2.59. The van der Waals surface area contributed by atoms with E-state index in [-0.39, 0.29) is 5.91 Å². The average molecular weight is 401 g/mol. The molecule has 0 spiro atoms. The first-order valence-electron chi connectivity index (χ1n) is 9.41. The van der Waals surface area contributed by atoms with Crippen LogP contribution in [-0.4, -0.2) is 47.6 Å². The molecule has 1 saturated heterocycles. The molecule has 0 aliphatic carbocycles. The number of anilines is 1. The van der Waals surface area contributed by atoms with Gasteiger partial charge in [-0.05, 0) is 30.3 Å². The molecule has 3 aromatic rings. The highest BCUT2D eigenvalue weighted by atomic mass is 35.5. The van der Waals surface area contributed by atoms with Crippen LogP contribution in [0.4, 0.5) is 5.69 Å². The predicted molar refractivity (Wildman–Crippen MR) is 108 cm³/mol. The van der Waals surface area contributed by atoms with Gasteiger partial charge in [-0.1, -0.05) is 28.9 Å². The van der Waals surface area contributed by atoms with Crippen molar-refractivity contribution in [2.75, 3.05) is 32.1 Å². The summed E-state index contributed by atoms with van der Waals surface area (Å²) in [6.07, 6.45) is 1.94. The SMILES string of the molecule is COc1ccc(Cl)cc1NC(=O)C[NH+]1CCC(n2nnc3ccccc32)CC1. The molecular weight excluding hydrogens is 378 g/mol. The largest absolute Gasteiger partial charge is 0.495 e. The first-order chi connectivity index (χ1) is 13.6. The average Bonchev–Trinajstić information content (AvgIpc) is 3.13. The summed E-state index contributed by atoms with van der Waals surface area (Å²) in [5.74, 6) is 0.560. The number of para-hydroxylation sites is 1. The van der Waals surface area contributed by atoms with E-state index in [4.69, 9.17) is 16.3 Å². The number of nitrogens with zero attached hydrogens (tertiary/aromatic N) is 3. The topological polar surface area (TPSA) is 73.5 Å². The Morgan fingerprint density at radius 3 is 2.86 bits per heavy atom. The van der Waals surface area contributed by atoms with Gasteiger partial charge in [0.25, 0.3) is 5.91 Å². The van der Waals surface area contributed by atoms with Crippen LogP contribution in [-0.2, 0) is 4.79 Å². The molecule has 1 aliphatic heterocycles. The van der Waals surface area contributed by atoms with Crippen molar-refractivity contribution in [1.82, 2.24) is 15.0 Å². The first kappa shape index (κ1) is 18.7. The number of rotatable bonds is 5. The summed E-state index contributed by atoms with van der Waals surface area (Å²) in [4.78, 5) is 13.8. The number of likely N-dealkylation sites (tertiary alicyclic amines) is 1. The van der Waals surface area contributed by atoms with Crippen molar-refractivity contribution < 1.29 is 14.4 Å². The van der Waals surface area contributed by atoms with Gasteiger partial charge in [-0.15, -0.1) is 5.10 Å². The van der Waals surface area contributed by atoms with Crippen LogP contribution in [0.1, 0.15) is 18.9 Å². The van der Waals surface area contributed by atoms with Gasteiger partial charge in [-0.2, -0.15) is 0 Å². The molecular formula is C20H23ClN5O2+. The number of amides is 1. The van der Waals surface area contributed by atoms with E-state index in [0.717, 1.165) is 37.0 Å². The van der Waals surface area contributed by atoms with E-state index in [9.17, 15) is 4.79 Å². The van der Waals surface area contributed by atoms with Gasteiger partial charge in [-0.3, -0.25) is 4.79 Å². The van der Waals surface area contributed by atoms with Crippen LogP contribution < -0.4 is 15.0 Å². The summed E-state index contributed by atoms with van der Waals surface area (Å²) in [6.45, 7) is 2.25. The molecule has 1 amide bonds. The lowest BCUT2D eigenvalue weighted by atomic mass is 10.0. The Hall–Kier alpha value is -2.64. The third-order valence-corrected chi connectivity index (χ3v) is 5.47. The third kappa shape index (κ3) is 3.95. The molecule has 2 N–H and O–H groups in total. The van der Waals surface area contributed by atoms with Crippen molar-refractivity contribution >= 4 is 34.2 Å². The van der Waals surface area contributed by atoms with Crippen LogP contribution in [0.15, 0.2) is 42.5 Å². The Kier molecular flexibility index (Phi) is 5.45. The molecule has 2 heterocycles. The van der Waals surface area contributed by atoms with Gasteiger partial charge in [-0.25, -0.2) is 4.68 Å². The van der Waals surface area contributed by atoms with E-state index in [1.807, 2.05) is 22.9 Å². The van der Waals surface area contributed by atoms with Crippen molar-refractivity contribution in [2.24, 2.45) is 0 Å². The number of aromatic nitrogens is 3. The Labute approximate surface area is 168 Å². The molecule has 1 aliphatic rings. The van der Waals surface area contributed by atoms with Crippen molar-refractivity contribution in [3.63, 3.8) is 0 Å². The van der Waals surface area contributed by atoms with Gasteiger partial charge < -0.3 is 15.0 Å². The molecule has 1 fully saturated rings. The number of hydrogen-bond donors (Lipinski definition) is 2. The normalized spacial score (nSPS) is 19.5. The van der Waals surface area contributed by atoms with Gasteiger partial charge in [0.05, 0.1) is 37.4 Å². The number of halogens is 1. The molecule has 0 bridgehead atoms. The predicted octanol–water partition coefficient (Wildman–Crippen LogP) is 1.95. The fraction of sp³-hybridized carbons (Fsp3) is 0.350. The Bertz CT molecular complexity index is 982. The first-order valence-corrected chi connectivity index (χ1v) is 9.78. The summed E-state index contributed by atoms with van der Waals surface area (Å²) < 4.78 is 7.32. The zero-order valence-electron chi connectivity index (χ0n) is 15.7. The molecule has 0 atom stereocenters. The molecule has 4 rings (SSSR count). The van der Waals surface area contributed by atoms with Crippen molar-refractivity contribution in [1.29, 1.82) is 0 Å². The van der Waals surface area contributed by atoms with Gasteiger partial charge >= 0.3 is 0 Å². The van der Waals surface area contributed by atoms with Crippen LogP contribution in [0.2, 0.25) is 5.02 Å². The number of benzene rings is 2. The zero-order valence-corrected chi connectivity index (χ0v) is 16.4. The lowest BCUT2D eigenvalue weighted by molar-refractivity contribution is -0.897. The number of carbonyl (C=O) groups excluding carboxylic acids is 1. The van der Waals surface area contributed by atoms with E-state index in [0.29, 0.717) is 29.0 Å². The van der Waals surface area contributed by atoms with Crippen LogP contribution in [0.3, 0.4) is 0 Å². The van der Waals surface area contributed by atoms with Crippen molar-refractivity contribution in [2.45, 2.75) is 18.9 Å². The maximum Gasteiger partial charge on any atom is 0.279 e. The highest BCUT2D eigenvalue weighted by molar-refractivity contribution is 6.31. The molecule has 146 valence electrons. The number of fused-ring (bicyclic) bond motifs is 1. The molecule has 28 heavy (non-hydrogen) atoms. The number of methoxy groups -OCH3 is 1. The lowest BCUT2D eigenvalue weighted by Crippen LogP contribution is -3.14. The second-order valence-electron chi connectivity index (χ2n) is 7.07. The molecule has 8 heteroatoms. The molecule has 7 nitrogen and oxygen atoms in total. The van der Waals surface area contributed by atoms with Crippen molar-refractivity contribution in [3.8, 4) is 5.75 Å². The number of nitrogens with one attached hydrogen (secondary N) is 2. The summed E-state index contributed by atoms with van der Waals surface area (Å²) in [5, 5.41) is 12.1. The van der Waals surface area contributed by atoms with Gasteiger partial charge in [0.2, 0.25) is 0 Å². The molecule has 0 unspecified atom stereocenters. The number of piperidine rings is 1. The van der Waals surface area contributed by atoms with E-state index in [1.165, 1.54) is 4.90 Å². The van der Waals surface area contributed by atoms with Gasteiger partial charge in [0, 0.05) is 17.9 Å². The minimum absolute atomic E-state index is 0.0415. The van der Waals surface area contributed by atoms with Crippen LogP contribution in [0.5, 0.6) is 5.75 Å². The third-order valence-electron chi connectivity index (χ3n) is 5.23. The molecule has 0 radical (unpaired) electrons. The molecule has 0 saturated carbocycles. The fourth-order valence-corrected chi connectivity index (χ4v) is 3.96. The summed E-state index contributed by atoms with van der Waals surface area (Å²) >= 11 is 6.03. The Morgan fingerprint density at radius 1 is 1.29 bits per heavy atom. The number of ether oxygens (including phenoxy) is 1. The van der Waals surface area contributed by atoms with E-state index in [2.05, 4.69) is 21.7 Å². The highest BCUT2D eigenvalue weighted by Gasteiger charge is 2.27. The highest BCUT2D eigenvalue weighted by Crippen LogP contribution is 2.27. The Balaban J connectivity index is 1.34. The second kappa shape index (κ2) is 8.16. The van der Waals surface area contributed by atoms with Gasteiger partial charge in [0.15, 0.2) is 6.54 Å². The maximum atomic E-state index is 12.5. The maximum absolute atomic E-state index is 12.5. The second-order valence-corrected chi connectivity index (χ2v) is 7.51. The van der Waals surface area contributed by atoms with E-state index in [1.54, 1.807) is 25.3 Å². The zero-order chi connectivity index (χ0) is 19.5. The lowest BCUT2D eigenvalue weighted by Gasteiger charge is -2.29. The van der Waals surface area contributed by atoms with Gasteiger partial charge in [0.1, 0.15) is 11.3 Å². The van der Waals surface area contributed by atoms with Crippen LogP contribution >= 0.6 is 11.6 Å². The number of hydrogen-bond acceptors (Lipinski definition) is 4. The van der Waals surface area contributed by atoms with Crippen LogP contribution in [0, 0.1) is 0 Å². The molecule has 1 aromatic heterocycles. The standard InChI is InChI=1S/C20H22ClN5O2/c1-28-19-7-6-14(21)12-17(19)22-20(27)13-25-10-8-15(9-11-25)26-18-5-3-2-4-16(18)23-24-26/h2-7,12,15H,8-11,13H2,1H3,(H,22,27)/p+1. The number of quaternary nitrogens is 1. The minimum atomic E-state index is -0.0415. The Morgan fingerprint density at radius 2 is 2.07 bits per heavy atom. The van der Waals surface area contributed by atoms with E-state index >= 15 is 0 Å². The molecule has 2 aromatic carbocycles. The quantitative estimate of drug-likeness (QED) is 0.686. The van der Waals surface area contributed by atoms with Crippen molar-refractivity contribution in [3.05, 3.63) is 47.5 Å².